The fourth-order valence-corrected chi connectivity index (χ4v) is 3.57. The van der Waals surface area contributed by atoms with Gasteiger partial charge >= 0.3 is 17.9 Å². The van der Waals surface area contributed by atoms with Crippen LogP contribution in [0.15, 0.2) is 47.2 Å². The first-order valence-corrected chi connectivity index (χ1v) is 10.8. The minimum Gasteiger partial charge on any atom is -0.457 e. The summed E-state index contributed by atoms with van der Waals surface area (Å²) in [6, 6.07) is 1.74. The van der Waals surface area contributed by atoms with E-state index >= 15 is 0 Å². The first-order valence-electron chi connectivity index (χ1n) is 10.8. The van der Waals surface area contributed by atoms with Gasteiger partial charge in [0.15, 0.2) is 12.0 Å². The minimum absolute atomic E-state index is 0.0694. The Labute approximate surface area is 193 Å². The van der Waals surface area contributed by atoms with Crippen LogP contribution in [0.3, 0.4) is 0 Å². The van der Waals surface area contributed by atoms with Crippen LogP contribution in [0, 0.1) is 0 Å². The van der Waals surface area contributed by atoms with E-state index in [0.29, 0.717) is 23.3 Å². The predicted octanol–water partition coefficient (Wildman–Crippen LogP) is 4.07. The molecule has 0 unspecified atom stereocenters. The Hall–Kier alpha value is -3.42. The first-order chi connectivity index (χ1) is 15.6. The van der Waals surface area contributed by atoms with Crippen LogP contribution in [0.2, 0.25) is 0 Å². The molecular formula is C25H31NO7. The first kappa shape index (κ1) is 25.8. The Morgan fingerprint density at radius 3 is 2.33 bits per heavy atom. The van der Waals surface area contributed by atoms with Crippen molar-refractivity contribution in [2.75, 3.05) is 6.61 Å². The summed E-state index contributed by atoms with van der Waals surface area (Å²) in [5, 5.41) is 0. The molecule has 0 aromatic carbocycles. The van der Waals surface area contributed by atoms with Gasteiger partial charge in [0.25, 0.3) is 0 Å². The van der Waals surface area contributed by atoms with Crippen molar-refractivity contribution in [3.8, 4) is 0 Å². The molecule has 8 nitrogen and oxygen atoms in total. The molecule has 0 amide bonds. The molecule has 2 heterocycles. The van der Waals surface area contributed by atoms with E-state index in [1.807, 2.05) is 0 Å². The summed E-state index contributed by atoms with van der Waals surface area (Å²) in [6.07, 6.45) is 6.06. The lowest BCUT2D eigenvalue weighted by Crippen LogP contribution is -2.16. The number of esters is 3. The molecule has 0 saturated heterocycles. The number of allylic oxidation sites excluding steroid dienone is 4. The Kier molecular flexibility index (Phi) is 8.96. The highest BCUT2D eigenvalue weighted by molar-refractivity contribution is 6.00. The number of aromatic nitrogens is 1. The molecule has 0 saturated carbocycles. The third kappa shape index (κ3) is 6.54. The minimum atomic E-state index is -0.621. The van der Waals surface area contributed by atoms with Gasteiger partial charge in [0, 0.05) is 36.9 Å². The van der Waals surface area contributed by atoms with Crippen molar-refractivity contribution in [3.05, 3.63) is 58.5 Å². The highest BCUT2D eigenvalue weighted by atomic mass is 16.6. The van der Waals surface area contributed by atoms with E-state index in [2.05, 4.69) is 0 Å². The molecule has 0 bridgehead atoms. The summed E-state index contributed by atoms with van der Waals surface area (Å²) in [5.41, 5.74) is 2.91. The number of ketones is 1. The normalized spacial score (nSPS) is 17.8. The standard InChI is InChI=1S/C25H31NO7/c1-7-16(5)24(29)20-12-21(33-17(6)27)26-10-9-19(23(20)26)14-32-25(30)18(8-2)13-31-22(28)11-15(3)4/h7-11,20-21H,12-14H2,1-6H3/t20-,21+/m1/s1. The topological polar surface area (TPSA) is 101 Å². The zero-order valence-corrected chi connectivity index (χ0v) is 20.0. The third-order valence-electron chi connectivity index (χ3n) is 5.31. The molecule has 178 valence electrons. The van der Waals surface area contributed by atoms with E-state index < -0.39 is 30.1 Å². The maximum absolute atomic E-state index is 12.9. The van der Waals surface area contributed by atoms with Gasteiger partial charge < -0.3 is 18.8 Å². The van der Waals surface area contributed by atoms with Crippen LogP contribution < -0.4 is 0 Å². The van der Waals surface area contributed by atoms with Crippen LogP contribution in [0.5, 0.6) is 0 Å². The largest absolute Gasteiger partial charge is 0.457 e. The Bertz CT molecular complexity index is 1020. The molecule has 1 aliphatic heterocycles. The van der Waals surface area contributed by atoms with E-state index in [1.54, 1.807) is 57.5 Å². The number of rotatable bonds is 9. The van der Waals surface area contributed by atoms with Crippen molar-refractivity contribution in [3.63, 3.8) is 0 Å². The van der Waals surface area contributed by atoms with Gasteiger partial charge in [0.2, 0.25) is 0 Å². The number of fused-ring (bicyclic) bond motifs is 1. The lowest BCUT2D eigenvalue weighted by molar-refractivity contribution is -0.151. The van der Waals surface area contributed by atoms with Crippen LogP contribution in [0.1, 0.15) is 71.4 Å². The number of hydrogen-bond donors (Lipinski definition) is 0. The van der Waals surface area contributed by atoms with Crippen LogP contribution in [-0.4, -0.2) is 34.9 Å². The second kappa shape index (κ2) is 11.4. The lowest BCUT2D eigenvalue weighted by atomic mass is 9.92. The summed E-state index contributed by atoms with van der Waals surface area (Å²) < 4.78 is 17.7. The molecule has 33 heavy (non-hydrogen) atoms. The highest BCUT2D eigenvalue weighted by Gasteiger charge is 2.39. The van der Waals surface area contributed by atoms with Crippen molar-refractivity contribution in [1.82, 2.24) is 4.57 Å². The van der Waals surface area contributed by atoms with E-state index in [-0.39, 0.29) is 24.6 Å². The third-order valence-corrected chi connectivity index (χ3v) is 5.31. The SMILES string of the molecule is CC=C(C)C(=O)[C@@H]1C[C@H](OC(C)=O)n2ccc(COC(=O)C(=CC)COC(=O)C=C(C)C)c21. The predicted molar refractivity (Wildman–Crippen MR) is 121 cm³/mol. The van der Waals surface area contributed by atoms with Crippen molar-refractivity contribution < 1.29 is 33.4 Å². The van der Waals surface area contributed by atoms with E-state index in [9.17, 15) is 19.2 Å². The number of carbonyl (C=O) groups is 4. The fraction of sp³-hybridized carbons (Fsp3) is 0.440. The van der Waals surface area contributed by atoms with Gasteiger partial charge in [-0.2, -0.15) is 0 Å². The van der Waals surface area contributed by atoms with Gasteiger partial charge in [-0.15, -0.1) is 0 Å². The molecule has 0 N–H and O–H groups in total. The summed E-state index contributed by atoms with van der Waals surface area (Å²) in [7, 11) is 0. The maximum Gasteiger partial charge on any atom is 0.337 e. The highest BCUT2D eigenvalue weighted by Crippen LogP contribution is 2.41. The number of carbonyl (C=O) groups excluding carboxylic acids is 4. The van der Waals surface area contributed by atoms with E-state index in [0.717, 1.165) is 5.57 Å². The molecule has 0 fully saturated rings. The van der Waals surface area contributed by atoms with E-state index in [1.165, 1.54) is 19.1 Å². The number of hydrogen-bond acceptors (Lipinski definition) is 7. The van der Waals surface area contributed by atoms with Crippen molar-refractivity contribution in [2.45, 2.75) is 66.7 Å². The van der Waals surface area contributed by atoms with Crippen LogP contribution in [-0.2, 0) is 40.0 Å². The van der Waals surface area contributed by atoms with Gasteiger partial charge in [-0.3, -0.25) is 9.59 Å². The molecular weight excluding hydrogens is 426 g/mol. The number of nitrogens with zero attached hydrogens (tertiary/aromatic N) is 1. The monoisotopic (exact) mass is 457 g/mol. The fourth-order valence-electron chi connectivity index (χ4n) is 3.57. The molecule has 1 aromatic rings. The maximum atomic E-state index is 12.9. The average molecular weight is 458 g/mol. The van der Waals surface area contributed by atoms with Crippen LogP contribution in [0.4, 0.5) is 0 Å². The van der Waals surface area contributed by atoms with Crippen molar-refractivity contribution in [1.29, 1.82) is 0 Å². The molecule has 2 rings (SSSR count). The van der Waals surface area contributed by atoms with Gasteiger partial charge in [0.05, 0.1) is 11.5 Å². The summed E-state index contributed by atoms with van der Waals surface area (Å²) >= 11 is 0. The molecule has 0 radical (unpaired) electrons. The Morgan fingerprint density at radius 1 is 1.06 bits per heavy atom. The smallest absolute Gasteiger partial charge is 0.337 e. The molecule has 2 atom stereocenters. The van der Waals surface area contributed by atoms with Crippen LogP contribution in [0.25, 0.3) is 0 Å². The molecule has 0 aliphatic carbocycles. The molecule has 1 aromatic heterocycles. The zero-order valence-electron chi connectivity index (χ0n) is 20.0. The van der Waals surface area contributed by atoms with Gasteiger partial charge in [0.1, 0.15) is 13.2 Å². The average Bonchev–Trinajstić information content (AvgIpc) is 3.31. The summed E-state index contributed by atoms with van der Waals surface area (Å²) in [6.45, 7) is 9.75. The molecule has 1 aliphatic rings. The van der Waals surface area contributed by atoms with Gasteiger partial charge in [-0.25, -0.2) is 9.59 Å². The lowest BCUT2D eigenvalue weighted by Gasteiger charge is -2.13. The summed E-state index contributed by atoms with van der Waals surface area (Å²) in [5.74, 6) is -2.18. The van der Waals surface area contributed by atoms with Gasteiger partial charge in [-0.05, 0) is 46.3 Å². The molecule has 8 heteroatoms. The zero-order chi connectivity index (χ0) is 24.7. The number of Topliss-reactive ketones (excluding diaryl/α,β-unsaturated/α-hetero) is 1. The van der Waals surface area contributed by atoms with Crippen molar-refractivity contribution >= 4 is 23.7 Å². The van der Waals surface area contributed by atoms with Crippen molar-refractivity contribution in [2.24, 2.45) is 0 Å². The van der Waals surface area contributed by atoms with E-state index in [4.69, 9.17) is 14.2 Å². The quantitative estimate of drug-likeness (QED) is 0.313. The second-order valence-electron chi connectivity index (χ2n) is 8.04. The Balaban J connectivity index is 2.16. The van der Waals surface area contributed by atoms with Gasteiger partial charge in [-0.1, -0.05) is 17.7 Å². The Morgan fingerprint density at radius 2 is 1.76 bits per heavy atom. The van der Waals surface area contributed by atoms with Crippen LogP contribution >= 0.6 is 0 Å². The second-order valence-corrected chi connectivity index (χ2v) is 8.04. The summed E-state index contributed by atoms with van der Waals surface area (Å²) in [4.78, 5) is 48.7. The molecule has 0 spiro atoms. The number of ether oxygens (including phenoxy) is 3.